The van der Waals surface area contributed by atoms with Crippen LogP contribution in [-0.4, -0.2) is 26.9 Å². The molecule has 3 N–H and O–H groups in total. The van der Waals surface area contributed by atoms with Gasteiger partial charge in [0.25, 0.3) is 0 Å². The summed E-state index contributed by atoms with van der Waals surface area (Å²) in [5, 5.41) is 4.03. The van der Waals surface area contributed by atoms with Gasteiger partial charge < -0.3 is 11.1 Å². The summed E-state index contributed by atoms with van der Waals surface area (Å²) >= 11 is 0. The highest BCUT2D eigenvalue weighted by atomic mass is 16.1. The zero-order valence-corrected chi connectivity index (χ0v) is 13.6. The number of fused-ring (bicyclic) bond motifs is 1. The molecule has 2 aromatic heterocycles. The highest BCUT2D eigenvalue weighted by Gasteiger charge is 2.21. The highest BCUT2D eigenvalue weighted by molar-refractivity contribution is 5.93. The summed E-state index contributed by atoms with van der Waals surface area (Å²) < 4.78 is 0. The van der Waals surface area contributed by atoms with Crippen molar-refractivity contribution < 1.29 is 4.79 Å². The van der Waals surface area contributed by atoms with Gasteiger partial charge in [-0.25, -0.2) is 9.97 Å². The number of nitrogens with zero attached hydrogens (tertiary/aromatic N) is 3. The fraction of sp³-hybridized carbons (Fsp3) is 0.222. The summed E-state index contributed by atoms with van der Waals surface area (Å²) in [6.45, 7) is 3.88. The lowest BCUT2D eigenvalue weighted by molar-refractivity contribution is -0.119. The van der Waals surface area contributed by atoms with Crippen LogP contribution in [0.3, 0.4) is 0 Å². The van der Waals surface area contributed by atoms with Crippen LogP contribution in [0.4, 0.5) is 5.82 Å². The Kier molecular flexibility index (Phi) is 4.37. The van der Waals surface area contributed by atoms with Gasteiger partial charge in [-0.1, -0.05) is 26.0 Å². The molecule has 1 amide bonds. The van der Waals surface area contributed by atoms with E-state index in [9.17, 15) is 4.79 Å². The number of pyridine rings is 1. The van der Waals surface area contributed by atoms with Gasteiger partial charge in [0.05, 0.1) is 5.52 Å². The Bertz CT molecular complexity index is 864. The van der Waals surface area contributed by atoms with E-state index in [2.05, 4.69) is 20.3 Å². The van der Waals surface area contributed by atoms with Crippen molar-refractivity contribution in [3.63, 3.8) is 0 Å². The number of amides is 1. The Morgan fingerprint density at radius 2 is 1.92 bits per heavy atom. The van der Waals surface area contributed by atoms with Crippen molar-refractivity contribution in [2.45, 2.75) is 19.9 Å². The van der Waals surface area contributed by atoms with Crippen molar-refractivity contribution >= 4 is 22.6 Å². The van der Waals surface area contributed by atoms with Crippen LogP contribution in [0.15, 0.2) is 48.8 Å². The third kappa shape index (κ3) is 3.17. The fourth-order valence-electron chi connectivity index (χ4n) is 2.52. The largest absolute Gasteiger partial charge is 0.368 e. The van der Waals surface area contributed by atoms with Crippen molar-refractivity contribution in [3.8, 4) is 11.4 Å². The lowest BCUT2D eigenvalue weighted by Gasteiger charge is -2.20. The first-order valence-corrected chi connectivity index (χ1v) is 7.79. The summed E-state index contributed by atoms with van der Waals surface area (Å²) in [5.41, 5.74) is 7.13. The van der Waals surface area contributed by atoms with Crippen LogP contribution >= 0.6 is 0 Å². The van der Waals surface area contributed by atoms with E-state index >= 15 is 0 Å². The second-order valence-corrected chi connectivity index (χ2v) is 5.92. The number of aromatic nitrogens is 3. The Balaban J connectivity index is 2.13. The molecule has 0 saturated heterocycles. The Labute approximate surface area is 140 Å². The summed E-state index contributed by atoms with van der Waals surface area (Å²) in [5.74, 6) is 0.780. The predicted molar refractivity (Wildman–Crippen MR) is 94.2 cm³/mol. The van der Waals surface area contributed by atoms with Gasteiger partial charge in [-0.3, -0.25) is 9.78 Å². The number of benzene rings is 1. The Morgan fingerprint density at radius 1 is 1.12 bits per heavy atom. The number of carbonyl (C=O) groups is 1. The standard InChI is InChI=1S/C18H19N5O/c1-11(2)15(16(19)24)22-18-13-7-3-4-8-14(13)21-17(23-18)12-6-5-9-20-10-12/h3-11,15H,1-2H3,(H2,19,24)(H,21,22,23). The smallest absolute Gasteiger partial charge is 0.240 e. The Morgan fingerprint density at radius 3 is 2.58 bits per heavy atom. The fourth-order valence-corrected chi connectivity index (χ4v) is 2.52. The maximum absolute atomic E-state index is 11.7. The Hall–Kier alpha value is -3.02. The minimum atomic E-state index is -0.509. The monoisotopic (exact) mass is 321 g/mol. The molecule has 0 radical (unpaired) electrons. The summed E-state index contributed by atoms with van der Waals surface area (Å²) in [7, 11) is 0. The zero-order chi connectivity index (χ0) is 17.1. The van der Waals surface area contributed by atoms with Crippen LogP contribution in [0.5, 0.6) is 0 Å². The second kappa shape index (κ2) is 6.62. The van der Waals surface area contributed by atoms with Gasteiger partial charge in [-0.15, -0.1) is 0 Å². The summed E-state index contributed by atoms with van der Waals surface area (Å²) in [6.07, 6.45) is 3.41. The van der Waals surface area contributed by atoms with E-state index < -0.39 is 11.9 Å². The number of hydrogen-bond donors (Lipinski definition) is 2. The lowest BCUT2D eigenvalue weighted by atomic mass is 10.0. The number of rotatable bonds is 5. The molecule has 1 unspecified atom stereocenters. The minimum absolute atomic E-state index is 0.0399. The number of para-hydroxylation sites is 1. The van der Waals surface area contributed by atoms with Crippen LogP contribution in [-0.2, 0) is 4.79 Å². The molecule has 0 aliphatic carbocycles. The van der Waals surface area contributed by atoms with Gasteiger partial charge in [0, 0.05) is 23.3 Å². The van der Waals surface area contributed by atoms with E-state index in [-0.39, 0.29) is 5.92 Å². The molecule has 122 valence electrons. The first-order valence-electron chi connectivity index (χ1n) is 7.79. The van der Waals surface area contributed by atoms with Gasteiger partial charge in [0.1, 0.15) is 11.9 Å². The average Bonchev–Trinajstić information content (AvgIpc) is 2.59. The quantitative estimate of drug-likeness (QED) is 0.753. The van der Waals surface area contributed by atoms with Gasteiger partial charge in [-0.05, 0) is 30.2 Å². The molecule has 0 aliphatic rings. The molecular weight excluding hydrogens is 302 g/mol. The lowest BCUT2D eigenvalue weighted by Crippen LogP contribution is -2.39. The van der Waals surface area contributed by atoms with Crippen LogP contribution in [0, 0.1) is 5.92 Å². The van der Waals surface area contributed by atoms with Gasteiger partial charge in [-0.2, -0.15) is 0 Å². The molecule has 1 aromatic carbocycles. The molecule has 0 spiro atoms. The van der Waals surface area contributed by atoms with Crippen LogP contribution in [0.1, 0.15) is 13.8 Å². The van der Waals surface area contributed by atoms with E-state index in [1.807, 2.05) is 50.2 Å². The van der Waals surface area contributed by atoms with E-state index in [4.69, 9.17) is 5.73 Å². The second-order valence-electron chi connectivity index (χ2n) is 5.92. The molecule has 24 heavy (non-hydrogen) atoms. The van der Waals surface area contributed by atoms with Gasteiger partial charge >= 0.3 is 0 Å². The SMILES string of the molecule is CC(C)C(Nc1nc(-c2cccnc2)nc2ccccc12)C(N)=O. The number of hydrogen-bond acceptors (Lipinski definition) is 5. The molecule has 6 heteroatoms. The third-order valence-electron chi connectivity index (χ3n) is 3.79. The number of anilines is 1. The first-order chi connectivity index (χ1) is 11.6. The van der Waals surface area contributed by atoms with E-state index in [0.29, 0.717) is 11.6 Å². The van der Waals surface area contributed by atoms with Gasteiger partial charge in [0.15, 0.2) is 5.82 Å². The topological polar surface area (TPSA) is 93.8 Å². The van der Waals surface area contributed by atoms with Crippen molar-refractivity contribution in [1.29, 1.82) is 0 Å². The molecule has 2 heterocycles. The molecular formula is C18H19N5O. The van der Waals surface area contributed by atoms with Gasteiger partial charge in [0.2, 0.25) is 5.91 Å². The van der Waals surface area contributed by atoms with Crippen molar-refractivity contribution in [1.82, 2.24) is 15.0 Å². The van der Waals surface area contributed by atoms with Crippen molar-refractivity contribution in [2.24, 2.45) is 11.7 Å². The molecule has 6 nitrogen and oxygen atoms in total. The van der Waals surface area contributed by atoms with Crippen molar-refractivity contribution in [3.05, 3.63) is 48.8 Å². The average molecular weight is 321 g/mol. The molecule has 0 aliphatic heterocycles. The minimum Gasteiger partial charge on any atom is -0.368 e. The number of primary amides is 1. The number of carbonyl (C=O) groups excluding carboxylic acids is 1. The normalized spacial score (nSPS) is 12.3. The summed E-state index contributed by atoms with van der Waals surface area (Å²) in [6, 6.07) is 10.9. The molecule has 3 aromatic rings. The maximum atomic E-state index is 11.7. The summed E-state index contributed by atoms with van der Waals surface area (Å²) in [4.78, 5) is 25.1. The number of nitrogens with two attached hydrogens (primary N) is 1. The molecule has 0 bridgehead atoms. The molecule has 0 saturated carbocycles. The number of nitrogens with one attached hydrogen (secondary N) is 1. The maximum Gasteiger partial charge on any atom is 0.240 e. The third-order valence-corrected chi connectivity index (χ3v) is 3.79. The zero-order valence-electron chi connectivity index (χ0n) is 13.6. The molecule has 1 atom stereocenters. The van der Waals surface area contributed by atoms with Crippen LogP contribution in [0.2, 0.25) is 0 Å². The highest BCUT2D eigenvalue weighted by Crippen LogP contribution is 2.25. The van der Waals surface area contributed by atoms with Crippen LogP contribution < -0.4 is 11.1 Å². The van der Waals surface area contributed by atoms with E-state index in [0.717, 1.165) is 16.5 Å². The van der Waals surface area contributed by atoms with Crippen molar-refractivity contribution in [2.75, 3.05) is 5.32 Å². The van der Waals surface area contributed by atoms with E-state index in [1.54, 1.807) is 12.4 Å². The van der Waals surface area contributed by atoms with Crippen LogP contribution in [0.25, 0.3) is 22.3 Å². The molecule has 3 rings (SSSR count). The molecule has 0 fully saturated rings. The predicted octanol–water partition coefficient (Wildman–Crippen LogP) is 2.61. The first kappa shape index (κ1) is 15.9. The van der Waals surface area contributed by atoms with E-state index in [1.165, 1.54) is 0 Å².